The van der Waals surface area contributed by atoms with E-state index in [1.807, 2.05) is 6.92 Å². The maximum atomic E-state index is 15.3. The van der Waals surface area contributed by atoms with Crippen molar-refractivity contribution in [2.75, 3.05) is 11.6 Å². The number of rotatable bonds is 8. The minimum Gasteiger partial charge on any atom is -0.442 e. The lowest BCUT2D eigenvalue weighted by atomic mass is 9.77. The van der Waals surface area contributed by atoms with Gasteiger partial charge in [-0.3, -0.25) is 9.59 Å². The van der Waals surface area contributed by atoms with Crippen LogP contribution in [0.1, 0.15) is 81.0 Å². The number of hydrogen-bond acceptors (Lipinski definition) is 4. The van der Waals surface area contributed by atoms with E-state index in [0.717, 1.165) is 35.0 Å². The Morgan fingerprint density at radius 1 is 1.18 bits per heavy atom. The van der Waals surface area contributed by atoms with E-state index in [-0.39, 0.29) is 39.8 Å². The zero-order valence-corrected chi connectivity index (χ0v) is 24.7. The lowest BCUT2D eigenvalue weighted by Gasteiger charge is -2.35. The summed E-state index contributed by atoms with van der Waals surface area (Å²) in [7, 11) is 0. The summed E-state index contributed by atoms with van der Waals surface area (Å²) in [6.45, 7) is 7.02. The van der Waals surface area contributed by atoms with Crippen LogP contribution in [0.5, 0.6) is 0 Å². The van der Waals surface area contributed by atoms with E-state index in [4.69, 9.17) is 4.74 Å². The molecule has 3 aromatic rings. The molecule has 7 nitrogen and oxygen atoms in total. The molecule has 2 aromatic carbocycles. The van der Waals surface area contributed by atoms with Crippen molar-refractivity contribution in [2.24, 2.45) is 5.92 Å². The SMILES string of the molecule is CCCN(C(=O)OC(C)(C)C)n1c(CBr)c(C(=O)N[C@H](c2cccc(F)c2)C2CCC2)c2cccc(F)c2c1=O. The van der Waals surface area contributed by atoms with Gasteiger partial charge in [0.15, 0.2) is 0 Å². The summed E-state index contributed by atoms with van der Waals surface area (Å²) in [6.07, 6.45) is 2.40. The van der Waals surface area contributed by atoms with Crippen LogP contribution in [0.2, 0.25) is 0 Å². The number of nitrogens with one attached hydrogen (secondary N) is 1. The van der Waals surface area contributed by atoms with Gasteiger partial charge in [0, 0.05) is 17.3 Å². The molecule has 0 aliphatic heterocycles. The number of ether oxygens (including phenoxy) is 1. The molecule has 1 aliphatic carbocycles. The van der Waals surface area contributed by atoms with E-state index < -0.39 is 40.8 Å². The average Bonchev–Trinajstić information content (AvgIpc) is 2.84. The van der Waals surface area contributed by atoms with Gasteiger partial charge in [-0.2, -0.15) is 0 Å². The highest BCUT2D eigenvalue weighted by Gasteiger charge is 2.34. The Balaban J connectivity index is 1.92. The van der Waals surface area contributed by atoms with Crippen LogP contribution in [-0.4, -0.2) is 28.8 Å². The molecule has 0 spiro atoms. The number of hydrogen-bond donors (Lipinski definition) is 1. The van der Waals surface area contributed by atoms with Gasteiger partial charge >= 0.3 is 6.09 Å². The van der Waals surface area contributed by atoms with Crippen molar-refractivity contribution in [1.82, 2.24) is 9.99 Å². The van der Waals surface area contributed by atoms with Crippen LogP contribution >= 0.6 is 15.9 Å². The highest BCUT2D eigenvalue weighted by molar-refractivity contribution is 9.08. The molecule has 1 aromatic heterocycles. The summed E-state index contributed by atoms with van der Waals surface area (Å²) in [4.78, 5) is 41.2. The molecule has 1 saturated carbocycles. The fraction of sp³-hybridized carbons (Fsp3) is 0.433. The summed E-state index contributed by atoms with van der Waals surface area (Å²) < 4.78 is 36.0. The van der Waals surface area contributed by atoms with Crippen LogP contribution in [0.4, 0.5) is 13.6 Å². The maximum absolute atomic E-state index is 15.3. The summed E-state index contributed by atoms with van der Waals surface area (Å²) >= 11 is 3.41. The Morgan fingerprint density at radius 3 is 2.45 bits per heavy atom. The van der Waals surface area contributed by atoms with E-state index in [1.54, 1.807) is 32.9 Å². The highest BCUT2D eigenvalue weighted by atomic mass is 79.9. The second kappa shape index (κ2) is 12.1. The molecule has 4 rings (SSSR count). The first-order valence-electron chi connectivity index (χ1n) is 13.5. The quantitative estimate of drug-likeness (QED) is 0.284. The molecule has 1 N–H and O–H groups in total. The van der Waals surface area contributed by atoms with Crippen LogP contribution in [0.25, 0.3) is 10.8 Å². The van der Waals surface area contributed by atoms with Crippen LogP contribution in [-0.2, 0) is 10.1 Å². The number of benzene rings is 2. The second-order valence-corrected chi connectivity index (χ2v) is 11.6. The standard InChI is InChI=1S/C30H34BrF2N3O4/c1-5-15-35(29(39)40-30(2,3)4)36-23(17-31)25(21-13-8-14-22(33)24(21)28(36)38)27(37)34-26(18-9-6-10-18)19-11-7-12-20(32)16-19/h7-8,11-14,16,18,26H,5-6,9-10,15,17H2,1-4H3,(H,34,37)/t26-/m0/s1. The second-order valence-electron chi connectivity index (χ2n) is 11.0. The van der Waals surface area contributed by atoms with E-state index >= 15 is 4.39 Å². The number of pyridine rings is 1. The van der Waals surface area contributed by atoms with Gasteiger partial charge in [0.2, 0.25) is 0 Å². The first-order chi connectivity index (χ1) is 19.0. The minimum atomic E-state index is -0.857. The van der Waals surface area contributed by atoms with Gasteiger partial charge in [0.25, 0.3) is 11.5 Å². The van der Waals surface area contributed by atoms with Crippen molar-refractivity contribution in [1.29, 1.82) is 0 Å². The fourth-order valence-corrected chi connectivity index (χ4v) is 5.55. The van der Waals surface area contributed by atoms with Gasteiger partial charge in [0.05, 0.1) is 22.7 Å². The largest absolute Gasteiger partial charge is 0.442 e. The van der Waals surface area contributed by atoms with Crippen LogP contribution in [0, 0.1) is 17.6 Å². The molecule has 10 heteroatoms. The molecule has 40 heavy (non-hydrogen) atoms. The third-order valence-electron chi connectivity index (χ3n) is 6.98. The zero-order chi connectivity index (χ0) is 29.2. The van der Waals surface area contributed by atoms with Gasteiger partial charge in [-0.05, 0) is 69.7 Å². The molecule has 0 radical (unpaired) electrons. The maximum Gasteiger partial charge on any atom is 0.429 e. The van der Waals surface area contributed by atoms with E-state index in [9.17, 15) is 18.8 Å². The molecule has 1 aliphatic rings. The Bertz CT molecular complexity index is 1480. The first-order valence-corrected chi connectivity index (χ1v) is 14.6. The Labute approximate surface area is 240 Å². The van der Waals surface area contributed by atoms with Crippen molar-refractivity contribution in [2.45, 2.75) is 70.4 Å². The molecule has 0 unspecified atom stereocenters. The number of halogens is 3. The van der Waals surface area contributed by atoms with E-state index in [1.165, 1.54) is 24.3 Å². The van der Waals surface area contributed by atoms with Gasteiger partial charge in [-0.25, -0.2) is 23.3 Å². The third kappa shape index (κ3) is 6.06. The smallest absolute Gasteiger partial charge is 0.429 e. The zero-order valence-electron chi connectivity index (χ0n) is 23.1. The normalized spacial score (nSPS) is 14.5. The average molecular weight is 619 g/mol. The Hall–Kier alpha value is -3.27. The molecule has 1 heterocycles. The topological polar surface area (TPSA) is 80.6 Å². The minimum absolute atomic E-state index is 0.00845. The van der Waals surface area contributed by atoms with E-state index in [0.29, 0.717) is 12.0 Å². The summed E-state index contributed by atoms with van der Waals surface area (Å²) in [5, 5.41) is 3.99. The lowest BCUT2D eigenvalue weighted by molar-refractivity contribution is 0.0534. The molecule has 0 bridgehead atoms. The summed E-state index contributed by atoms with van der Waals surface area (Å²) in [5.74, 6) is -1.68. The molecular weight excluding hydrogens is 584 g/mol. The molecule has 2 amide bonds. The fourth-order valence-electron chi connectivity index (χ4n) is 5.03. The van der Waals surface area contributed by atoms with Gasteiger partial charge < -0.3 is 10.1 Å². The number of nitrogens with zero attached hydrogens (tertiary/aromatic N) is 2. The summed E-state index contributed by atoms with van der Waals surface area (Å²) in [6, 6.07) is 9.72. The number of carbonyl (C=O) groups is 2. The van der Waals surface area contributed by atoms with Gasteiger partial charge in [-0.15, -0.1) is 0 Å². The van der Waals surface area contributed by atoms with Crippen molar-refractivity contribution in [3.63, 3.8) is 0 Å². The predicted octanol–water partition coefficient (Wildman–Crippen LogP) is 6.73. The number of amides is 2. The molecule has 1 atom stereocenters. The molecular formula is C30H34BrF2N3O4. The van der Waals surface area contributed by atoms with Crippen LogP contribution in [0.15, 0.2) is 47.3 Å². The molecule has 214 valence electrons. The lowest BCUT2D eigenvalue weighted by Crippen LogP contribution is -2.51. The van der Waals surface area contributed by atoms with E-state index in [2.05, 4.69) is 21.2 Å². The van der Waals surface area contributed by atoms with Crippen LogP contribution in [0.3, 0.4) is 0 Å². The number of aromatic nitrogens is 1. The van der Waals surface area contributed by atoms with Crippen molar-refractivity contribution in [3.8, 4) is 0 Å². The van der Waals surface area contributed by atoms with Gasteiger partial charge in [0.1, 0.15) is 17.2 Å². The molecule has 0 saturated heterocycles. The van der Waals surface area contributed by atoms with Crippen molar-refractivity contribution >= 4 is 38.7 Å². The Kier molecular flexibility index (Phi) is 8.97. The molecule has 1 fully saturated rings. The van der Waals surface area contributed by atoms with Crippen molar-refractivity contribution < 1.29 is 23.1 Å². The number of alkyl halides is 1. The highest BCUT2D eigenvalue weighted by Crippen LogP contribution is 2.38. The van der Waals surface area contributed by atoms with Gasteiger partial charge in [-0.1, -0.05) is 53.5 Å². The number of carbonyl (C=O) groups excluding carboxylic acids is 2. The first kappa shape index (κ1) is 29.7. The monoisotopic (exact) mass is 617 g/mol. The third-order valence-corrected chi connectivity index (χ3v) is 7.51. The van der Waals surface area contributed by atoms with Crippen LogP contribution < -0.4 is 15.9 Å². The summed E-state index contributed by atoms with van der Waals surface area (Å²) in [5.41, 5.74) is -0.782. The number of fused-ring (bicyclic) bond motifs is 1. The Morgan fingerprint density at radius 2 is 1.88 bits per heavy atom. The predicted molar refractivity (Wildman–Crippen MR) is 154 cm³/mol. The van der Waals surface area contributed by atoms with Crippen molar-refractivity contribution in [3.05, 3.63) is 81.3 Å².